The summed E-state index contributed by atoms with van der Waals surface area (Å²) in [6.45, 7) is 2.77. The quantitative estimate of drug-likeness (QED) is 0.711. The van der Waals surface area contributed by atoms with Crippen LogP contribution in [0.1, 0.15) is 23.2 Å². The number of rotatable bonds is 6. The van der Waals surface area contributed by atoms with Crippen molar-refractivity contribution in [1.82, 2.24) is 19.3 Å². The molecular weight excluding hydrogens is 360 g/mol. The molecule has 0 fully saturated rings. The lowest BCUT2D eigenvalue weighted by atomic mass is 10.1. The van der Waals surface area contributed by atoms with Gasteiger partial charge in [0.2, 0.25) is 10.0 Å². The molecule has 2 aromatic heterocycles. The van der Waals surface area contributed by atoms with E-state index >= 15 is 0 Å². The van der Waals surface area contributed by atoms with E-state index in [-0.39, 0.29) is 0 Å². The van der Waals surface area contributed by atoms with Gasteiger partial charge < -0.3 is 4.57 Å². The molecule has 0 aliphatic heterocycles. The molecule has 0 atom stereocenters. The fourth-order valence-electron chi connectivity index (χ4n) is 3.57. The molecule has 0 radical (unpaired) electrons. The fraction of sp³-hybridized carbons (Fsp3) is 0.300. The Labute approximate surface area is 159 Å². The third kappa shape index (κ3) is 3.65. The highest BCUT2D eigenvalue weighted by Crippen LogP contribution is 2.24. The summed E-state index contributed by atoms with van der Waals surface area (Å²) in [5, 5.41) is 0. The molecule has 4 rings (SSSR count). The van der Waals surface area contributed by atoms with Crippen molar-refractivity contribution in [3.63, 3.8) is 0 Å². The van der Waals surface area contributed by atoms with Gasteiger partial charge in [0.15, 0.2) is 0 Å². The van der Waals surface area contributed by atoms with Gasteiger partial charge in [-0.15, -0.1) is 0 Å². The van der Waals surface area contributed by atoms with Gasteiger partial charge in [0.1, 0.15) is 5.82 Å². The Kier molecular flexibility index (Phi) is 4.80. The van der Waals surface area contributed by atoms with Gasteiger partial charge in [-0.05, 0) is 61.6 Å². The van der Waals surface area contributed by atoms with Gasteiger partial charge in [0.25, 0.3) is 0 Å². The summed E-state index contributed by atoms with van der Waals surface area (Å²) in [5.74, 6) is 0.812. The highest BCUT2D eigenvalue weighted by molar-refractivity contribution is 7.89. The molecule has 0 unspecified atom stereocenters. The van der Waals surface area contributed by atoms with Crippen molar-refractivity contribution in [2.24, 2.45) is 0 Å². The van der Waals surface area contributed by atoms with Crippen LogP contribution in [0.4, 0.5) is 0 Å². The Morgan fingerprint density at radius 1 is 1.11 bits per heavy atom. The summed E-state index contributed by atoms with van der Waals surface area (Å²) >= 11 is 0. The Bertz CT molecular complexity index is 1060. The van der Waals surface area contributed by atoms with E-state index in [1.807, 2.05) is 35.8 Å². The van der Waals surface area contributed by atoms with Gasteiger partial charge >= 0.3 is 0 Å². The number of aromatic nitrogens is 3. The van der Waals surface area contributed by atoms with E-state index in [4.69, 9.17) is 0 Å². The minimum Gasteiger partial charge on any atom is -0.327 e. The van der Waals surface area contributed by atoms with Crippen molar-refractivity contribution in [3.8, 4) is 11.4 Å². The van der Waals surface area contributed by atoms with Crippen molar-refractivity contribution >= 4 is 10.0 Å². The average molecular weight is 382 g/mol. The molecule has 0 spiro atoms. The van der Waals surface area contributed by atoms with Crippen LogP contribution in [-0.2, 0) is 29.4 Å². The van der Waals surface area contributed by atoms with Crippen LogP contribution in [0.15, 0.2) is 53.8 Å². The van der Waals surface area contributed by atoms with Crippen LogP contribution >= 0.6 is 0 Å². The number of imidazole rings is 1. The van der Waals surface area contributed by atoms with Gasteiger partial charge in [-0.3, -0.25) is 4.98 Å². The molecule has 140 valence electrons. The maximum absolute atomic E-state index is 12.7. The summed E-state index contributed by atoms with van der Waals surface area (Å²) in [6, 6.07) is 9.26. The zero-order valence-electron chi connectivity index (χ0n) is 15.2. The van der Waals surface area contributed by atoms with Gasteiger partial charge in [-0.1, -0.05) is 6.07 Å². The number of sulfonamides is 1. The van der Waals surface area contributed by atoms with E-state index in [0.717, 1.165) is 41.9 Å². The first-order valence-corrected chi connectivity index (χ1v) is 10.6. The van der Waals surface area contributed by atoms with Crippen LogP contribution in [-0.4, -0.2) is 29.5 Å². The molecular formula is C20H22N4O2S. The highest BCUT2D eigenvalue weighted by Gasteiger charge is 2.18. The smallest absolute Gasteiger partial charge is 0.240 e. The third-order valence-electron chi connectivity index (χ3n) is 5.00. The molecule has 0 amide bonds. The molecule has 0 saturated carbocycles. The summed E-state index contributed by atoms with van der Waals surface area (Å²) in [6.07, 6.45) is 8.35. The lowest BCUT2D eigenvalue weighted by Crippen LogP contribution is -2.28. The zero-order chi connectivity index (χ0) is 18.9. The molecule has 1 aliphatic carbocycles. The molecule has 1 aromatic carbocycles. The predicted molar refractivity (Wildman–Crippen MR) is 104 cm³/mol. The monoisotopic (exact) mass is 382 g/mol. The minimum absolute atomic E-state index is 0.300. The van der Waals surface area contributed by atoms with Crippen molar-refractivity contribution < 1.29 is 8.42 Å². The Balaban J connectivity index is 1.48. The molecule has 0 bridgehead atoms. The number of hydrogen-bond donors (Lipinski definition) is 1. The first-order valence-electron chi connectivity index (χ1n) is 9.08. The Hall–Kier alpha value is -2.51. The summed E-state index contributed by atoms with van der Waals surface area (Å²) in [7, 11) is -3.52. The average Bonchev–Trinajstić information content (AvgIpc) is 3.29. The molecule has 3 aromatic rings. The second-order valence-corrected chi connectivity index (χ2v) is 8.56. The number of hydrogen-bond acceptors (Lipinski definition) is 4. The van der Waals surface area contributed by atoms with E-state index < -0.39 is 10.0 Å². The Morgan fingerprint density at radius 2 is 1.89 bits per heavy atom. The van der Waals surface area contributed by atoms with Crippen molar-refractivity contribution in [3.05, 3.63) is 65.7 Å². The summed E-state index contributed by atoms with van der Waals surface area (Å²) in [5.41, 5.74) is 4.37. The number of pyridine rings is 1. The normalized spacial score (nSPS) is 13.7. The topological polar surface area (TPSA) is 76.9 Å². The van der Waals surface area contributed by atoms with Crippen molar-refractivity contribution in [2.75, 3.05) is 6.54 Å². The lowest BCUT2D eigenvalue weighted by molar-refractivity contribution is 0.572. The van der Waals surface area contributed by atoms with Gasteiger partial charge in [-0.25, -0.2) is 18.1 Å². The van der Waals surface area contributed by atoms with Crippen LogP contribution < -0.4 is 4.72 Å². The van der Waals surface area contributed by atoms with Crippen LogP contribution in [0.5, 0.6) is 0 Å². The first kappa shape index (κ1) is 17.9. The number of nitrogens with zero attached hydrogens (tertiary/aromatic N) is 3. The van der Waals surface area contributed by atoms with Crippen LogP contribution in [0, 0.1) is 6.92 Å². The number of fused-ring (bicyclic) bond motifs is 1. The molecule has 1 aliphatic rings. The van der Waals surface area contributed by atoms with E-state index in [2.05, 4.69) is 14.7 Å². The second kappa shape index (κ2) is 7.25. The van der Waals surface area contributed by atoms with E-state index in [1.54, 1.807) is 24.7 Å². The first-order chi connectivity index (χ1) is 13.0. The lowest BCUT2D eigenvalue weighted by Gasteiger charge is -2.12. The summed E-state index contributed by atoms with van der Waals surface area (Å²) in [4.78, 5) is 8.83. The maximum Gasteiger partial charge on any atom is 0.240 e. The maximum atomic E-state index is 12.7. The highest BCUT2D eigenvalue weighted by atomic mass is 32.2. The second-order valence-electron chi connectivity index (χ2n) is 6.79. The molecule has 7 heteroatoms. The van der Waals surface area contributed by atoms with Crippen molar-refractivity contribution in [1.29, 1.82) is 0 Å². The molecule has 6 nitrogen and oxygen atoms in total. The van der Waals surface area contributed by atoms with E-state index in [1.165, 1.54) is 5.56 Å². The van der Waals surface area contributed by atoms with Crippen LogP contribution in [0.25, 0.3) is 11.4 Å². The van der Waals surface area contributed by atoms with E-state index in [0.29, 0.717) is 18.0 Å². The number of nitrogens with one attached hydrogen (secondary N) is 1. The Morgan fingerprint density at radius 3 is 2.70 bits per heavy atom. The van der Waals surface area contributed by atoms with Crippen LogP contribution in [0.2, 0.25) is 0 Å². The number of benzene rings is 1. The largest absolute Gasteiger partial charge is 0.327 e. The van der Waals surface area contributed by atoms with E-state index in [9.17, 15) is 8.42 Å². The number of aryl methyl sites for hydroxylation is 3. The minimum atomic E-state index is -3.52. The summed E-state index contributed by atoms with van der Waals surface area (Å²) < 4.78 is 30.0. The third-order valence-corrected chi connectivity index (χ3v) is 6.46. The molecule has 2 heterocycles. The molecule has 27 heavy (non-hydrogen) atoms. The van der Waals surface area contributed by atoms with Crippen molar-refractivity contribution in [2.45, 2.75) is 37.6 Å². The molecule has 0 saturated heterocycles. The standard InChI is InChI=1S/C20H22N4O2S/c1-15-14-22-20(17-7-9-21-10-8-17)24(15)12-11-23-27(25,26)19-6-5-16-3-2-4-18(16)13-19/h5-10,13-14,23H,2-4,11-12H2,1H3. The van der Waals surface area contributed by atoms with Gasteiger partial charge in [-0.2, -0.15) is 0 Å². The zero-order valence-corrected chi connectivity index (χ0v) is 16.0. The SMILES string of the molecule is Cc1cnc(-c2ccncc2)n1CCNS(=O)(=O)c1ccc2c(c1)CCC2. The van der Waals surface area contributed by atoms with Gasteiger partial charge in [0, 0.05) is 42.9 Å². The fourth-order valence-corrected chi connectivity index (χ4v) is 4.64. The predicted octanol–water partition coefficient (Wildman–Crippen LogP) is 2.72. The molecule has 1 N–H and O–H groups in total. The van der Waals surface area contributed by atoms with Crippen LogP contribution in [0.3, 0.4) is 0 Å². The van der Waals surface area contributed by atoms with Gasteiger partial charge in [0.05, 0.1) is 4.90 Å².